The smallest absolute Gasteiger partial charge is 0.389 e. The molecule has 1 fully saturated rings. The van der Waals surface area contributed by atoms with Gasteiger partial charge in [-0.1, -0.05) is 0 Å². The summed E-state index contributed by atoms with van der Waals surface area (Å²) in [6.07, 6.45) is -2.51. The fourth-order valence-electron chi connectivity index (χ4n) is 1.86. The minimum atomic E-state index is -5.36. The predicted octanol–water partition coefficient (Wildman–Crippen LogP) is -0.290. The molecule has 1 aliphatic rings. The Morgan fingerprint density at radius 3 is 2.43 bits per heavy atom. The molecule has 0 aromatic carbocycles. The summed E-state index contributed by atoms with van der Waals surface area (Å²) in [6.45, 7) is -1.57. The molecule has 1 aromatic heterocycles. The van der Waals surface area contributed by atoms with Gasteiger partial charge in [0, 0.05) is 12.3 Å². The third-order valence-electron chi connectivity index (χ3n) is 2.94. The molecule has 2 rings (SSSR count). The number of alkyl halides is 4. The van der Waals surface area contributed by atoms with Crippen LogP contribution in [-0.4, -0.2) is 39.1 Å². The molecule has 3 atom stereocenters. The van der Waals surface area contributed by atoms with Crippen molar-refractivity contribution < 1.29 is 36.9 Å². The van der Waals surface area contributed by atoms with Gasteiger partial charge in [0.1, 0.15) is 0 Å². The number of hydrogen-bond donors (Lipinski definition) is 2. The maximum Gasteiger partial charge on any atom is 0.389 e. The van der Waals surface area contributed by atoms with E-state index in [0.717, 1.165) is 0 Å². The van der Waals surface area contributed by atoms with Crippen molar-refractivity contribution in [3.05, 3.63) is 33.1 Å². The Morgan fingerprint density at radius 2 is 2.00 bits per heavy atom. The average molecular weight is 318 g/mol. The normalized spacial score (nSPS) is 35.0. The number of ether oxygens (including phenoxy) is 1. The highest BCUT2D eigenvalue weighted by molar-refractivity contribution is 5.07. The Kier molecular flexibility index (Phi) is 3.42. The molecular weight excluding hydrogens is 311 g/mol. The molecule has 1 aromatic rings. The van der Waals surface area contributed by atoms with Crippen molar-refractivity contribution in [3.63, 3.8) is 0 Å². The van der Waals surface area contributed by atoms with Crippen molar-refractivity contribution in [2.45, 2.75) is 23.9 Å². The number of halogens is 5. The lowest BCUT2D eigenvalue weighted by molar-refractivity contribution is -0.385. The van der Waals surface area contributed by atoms with Gasteiger partial charge in [-0.05, 0) is 4.53 Å². The Balaban J connectivity index is 2.67. The molecule has 0 unspecified atom stereocenters. The van der Waals surface area contributed by atoms with Crippen LogP contribution in [0, 0.1) is 0 Å². The van der Waals surface area contributed by atoms with Crippen molar-refractivity contribution in [1.82, 2.24) is 9.55 Å². The molecule has 0 bridgehead atoms. The lowest BCUT2D eigenvalue weighted by Crippen LogP contribution is -2.57. The highest BCUT2D eigenvalue weighted by Gasteiger charge is 2.83. The third-order valence-corrected chi connectivity index (χ3v) is 2.94. The lowest BCUT2D eigenvalue weighted by Gasteiger charge is -2.29. The molecule has 12 heteroatoms. The van der Waals surface area contributed by atoms with Gasteiger partial charge in [0.2, 0.25) is 0 Å². The van der Waals surface area contributed by atoms with E-state index in [1.165, 1.54) is 4.98 Å². The Labute approximate surface area is 111 Å². The van der Waals surface area contributed by atoms with Gasteiger partial charge in [-0.2, -0.15) is 17.6 Å². The second kappa shape index (κ2) is 4.61. The van der Waals surface area contributed by atoms with Gasteiger partial charge in [0.15, 0.2) is 6.10 Å². The lowest BCUT2D eigenvalue weighted by atomic mass is 10.1. The van der Waals surface area contributed by atoms with Crippen LogP contribution < -0.4 is 11.2 Å². The summed E-state index contributed by atoms with van der Waals surface area (Å²) in [5.41, 5.74) is -2.75. The fourth-order valence-corrected chi connectivity index (χ4v) is 1.86. The van der Waals surface area contributed by atoms with Crippen molar-refractivity contribution in [3.8, 4) is 0 Å². The van der Waals surface area contributed by atoms with Gasteiger partial charge in [-0.3, -0.25) is 9.78 Å². The predicted molar refractivity (Wildman–Crippen MR) is 53.3 cm³/mol. The number of aliphatic hydroxyl groups excluding tert-OH is 1. The number of aliphatic hydroxyl groups is 1. The first kappa shape index (κ1) is 15.6. The highest BCUT2D eigenvalue weighted by Crippen LogP contribution is 2.56. The first-order chi connectivity index (χ1) is 9.64. The summed E-state index contributed by atoms with van der Waals surface area (Å²) in [5.74, 6) is -14.6. The maximum absolute atomic E-state index is 14.4. The van der Waals surface area contributed by atoms with E-state index >= 15 is 0 Å². The molecule has 2 heterocycles. The molecule has 1 aliphatic heterocycles. The van der Waals surface area contributed by atoms with Crippen molar-refractivity contribution in [2.75, 3.05) is 6.61 Å². The van der Waals surface area contributed by atoms with Crippen molar-refractivity contribution in [2.24, 2.45) is 0 Å². The van der Waals surface area contributed by atoms with E-state index in [2.05, 4.69) is 9.68 Å². The van der Waals surface area contributed by atoms with Gasteiger partial charge < -0.3 is 9.84 Å². The molecule has 1 saturated heterocycles. The fraction of sp³-hybridized carbons (Fsp3) is 0.556. The molecule has 0 amide bonds. The summed E-state index contributed by atoms with van der Waals surface area (Å²) >= 11 is 0. The molecular formula is C9H7F5N2O5. The highest BCUT2D eigenvalue weighted by atomic mass is 19.3. The summed E-state index contributed by atoms with van der Waals surface area (Å²) < 4.78 is 71.6. The van der Waals surface area contributed by atoms with Gasteiger partial charge >= 0.3 is 23.4 Å². The average Bonchev–Trinajstić information content (AvgIpc) is 2.57. The van der Waals surface area contributed by atoms with E-state index in [-0.39, 0.29) is 6.20 Å². The number of H-pyrrole nitrogens is 1. The van der Waals surface area contributed by atoms with Crippen LogP contribution in [0.3, 0.4) is 0 Å². The van der Waals surface area contributed by atoms with Crippen molar-refractivity contribution in [1.29, 1.82) is 0 Å². The van der Waals surface area contributed by atoms with Crippen LogP contribution in [0.15, 0.2) is 21.9 Å². The zero-order valence-electron chi connectivity index (χ0n) is 9.86. The maximum atomic E-state index is 14.4. The van der Waals surface area contributed by atoms with E-state index < -0.39 is 46.3 Å². The largest absolute Gasteiger partial charge is 0.393 e. The van der Waals surface area contributed by atoms with Gasteiger partial charge in [0.05, 0.1) is 6.61 Å². The van der Waals surface area contributed by atoms with Crippen LogP contribution >= 0.6 is 0 Å². The quantitative estimate of drug-likeness (QED) is 0.747. The molecule has 118 valence electrons. The van der Waals surface area contributed by atoms with E-state index in [0.29, 0.717) is 6.07 Å². The van der Waals surface area contributed by atoms with E-state index in [1.54, 1.807) is 0 Å². The van der Waals surface area contributed by atoms with Gasteiger partial charge in [0.25, 0.3) is 5.56 Å². The van der Waals surface area contributed by atoms with Crippen LogP contribution in [0.25, 0.3) is 0 Å². The second-order valence-electron chi connectivity index (χ2n) is 4.13. The molecule has 0 spiro atoms. The first-order valence-electron chi connectivity index (χ1n) is 5.30. The minimum Gasteiger partial charge on any atom is -0.393 e. The van der Waals surface area contributed by atoms with Gasteiger partial charge in [-0.25, -0.2) is 9.36 Å². The molecule has 0 saturated carbocycles. The van der Waals surface area contributed by atoms with E-state index in [4.69, 9.17) is 5.11 Å². The summed E-state index contributed by atoms with van der Waals surface area (Å²) in [5, 5.41) is 8.70. The van der Waals surface area contributed by atoms with Gasteiger partial charge in [-0.15, -0.1) is 4.94 Å². The molecule has 2 N–H and O–H groups in total. The number of aromatic amines is 1. The van der Waals surface area contributed by atoms with Crippen LogP contribution in [0.2, 0.25) is 0 Å². The summed E-state index contributed by atoms with van der Waals surface area (Å²) in [4.78, 5) is 26.1. The van der Waals surface area contributed by atoms with Crippen LogP contribution in [0.5, 0.6) is 0 Å². The first-order valence-corrected chi connectivity index (χ1v) is 5.30. The Bertz CT molecular complexity index is 662. The summed E-state index contributed by atoms with van der Waals surface area (Å²) in [7, 11) is 0. The second-order valence-corrected chi connectivity index (χ2v) is 4.13. The molecule has 0 aliphatic carbocycles. The number of rotatable bonds is 3. The monoisotopic (exact) mass is 318 g/mol. The number of aromatic nitrogens is 2. The Morgan fingerprint density at radius 1 is 1.38 bits per heavy atom. The van der Waals surface area contributed by atoms with E-state index in [9.17, 15) is 31.7 Å². The molecule has 0 radical (unpaired) electrons. The topological polar surface area (TPSA) is 93.5 Å². The van der Waals surface area contributed by atoms with E-state index in [1.807, 2.05) is 0 Å². The van der Waals surface area contributed by atoms with Crippen LogP contribution in [0.4, 0.5) is 22.1 Å². The van der Waals surface area contributed by atoms with Crippen molar-refractivity contribution >= 4 is 0 Å². The third kappa shape index (κ3) is 1.82. The minimum absolute atomic E-state index is 0.257. The number of nitrogens with one attached hydrogen (secondary N) is 1. The number of hydrogen-bond acceptors (Lipinski definition) is 5. The molecule has 7 nitrogen and oxygen atoms in total. The molecule has 21 heavy (non-hydrogen) atoms. The van der Waals surface area contributed by atoms with Crippen LogP contribution in [0.1, 0.15) is 0 Å². The zero-order valence-corrected chi connectivity index (χ0v) is 9.86. The standard InChI is InChI=1S/C9H7F5N2O5/c10-7(21-14)4(3-17)20-9(13,8(7,11)12)16-2-1-5(18)15-6(16)19/h1-2,4,17H,3H2,(H,15,18,19)/t4-,7-,9+/m1/s1. The number of nitrogens with zero attached hydrogens (tertiary/aromatic N) is 1. The summed E-state index contributed by atoms with van der Waals surface area (Å²) in [6, 6.07) is 0.477. The SMILES string of the molecule is O=c1ccn([C@]2(F)O[C@H](CO)[C@@](F)(OF)C2(F)F)c(=O)[nH]1. The zero-order chi connectivity index (χ0) is 16.1. The Hall–Kier alpha value is -1.79. The van der Waals surface area contributed by atoms with Crippen LogP contribution in [-0.2, 0) is 15.7 Å².